The molecule has 1 aromatic carbocycles. The molecule has 0 aliphatic carbocycles. The number of aromatic nitrogens is 3. The van der Waals surface area contributed by atoms with Crippen molar-refractivity contribution in [2.24, 2.45) is 0 Å². The van der Waals surface area contributed by atoms with Gasteiger partial charge in [-0.2, -0.15) is 0 Å². The van der Waals surface area contributed by atoms with Crippen molar-refractivity contribution in [2.75, 3.05) is 16.9 Å². The van der Waals surface area contributed by atoms with E-state index in [4.69, 9.17) is 0 Å². The van der Waals surface area contributed by atoms with Crippen molar-refractivity contribution in [2.45, 2.75) is 11.3 Å². The van der Waals surface area contributed by atoms with Gasteiger partial charge in [-0.25, -0.2) is 15.0 Å². The predicted octanol–water partition coefficient (Wildman–Crippen LogP) is 3.58. The first-order valence-electron chi connectivity index (χ1n) is 7.15. The number of carbonyl (C=O) groups is 1. The largest absolute Gasteiger partial charge is 0.326 e. The molecular formula is C16H15N5OS2. The summed E-state index contributed by atoms with van der Waals surface area (Å²) in [6, 6.07) is 9.49. The SMILES string of the molecule is CSc1cccc(NC(=O)Cc2csc(Nc3ncccn3)n2)c1. The fourth-order valence-corrected chi connectivity index (χ4v) is 3.14. The van der Waals surface area contributed by atoms with Crippen LogP contribution in [0.4, 0.5) is 16.8 Å². The van der Waals surface area contributed by atoms with Crippen molar-refractivity contribution in [3.05, 3.63) is 53.8 Å². The van der Waals surface area contributed by atoms with Crippen LogP contribution < -0.4 is 10.6 Å². The zero-order valence-corrected chi connectivity index (χ0v) is 14.5. The number of hydrogen-bond donors (Lipinski definition) is 2. The van der Waals surface area contributed by atoms with Gasteiger partial charge in [-0.3, -0.25) is 4.79 Å². The summed E-state index contributed by atoms with van der Waals surface area (Å²) in [5.41, 5.74) is 1.50. The first-order chi connectivity index (χ1) is 11.7. The number of carbonyl (C=O) groups excluding carboxylic acids is 1. The van der Waals surface area contributed by atoms with Gasteiger partial charge >= 0.3 is 0 Å². The Morgan fingerprint density at radius 1 is 1.25 bits per heavy atom. The van der Waals surface area contributed by atoms with E-state index in [0.29, 0.717) is 16.8 Å². The third-order valence-electron chi connectivity index (χ3n) is 3.03. The summed E-state index contributed by atoms with van der Waals surface area (Å²) < 4.78 is 0. The summed E-state index contributed by atoms with van der Waals surface area (Å²) in [7, 11) is 0. The smallest absolute Gasteiger partial charge is 0.230 e. The molecule has 0 atom stereocenters. The highest BCUT2D eigenvalue weighted by atomic mass is 32.2. The molecule has 8 heteroatoms. The number of anilines is 3. The Kier molecular flexibility index (Phi) is 5.39. The summed E-state index contributed by atoms with van der Waals surface area (Å²) in [4.78, 5) is 25.8. The highest BCUT2D eigenvalue weighted by Crippen LogP contribution is 2.21. The summed E-state index contributed by atoms with van der Waals surface area (Å²) in [6.07, 6.45) is 5.53. The van der Waals surface area contributed by atoms with Crippen LogP contribution in [0.25, 0.3) is 0 Å². The number of rotatable bonds is 6. The second kappa shape index (κ2) is 7.89. The molecule has 0 aliphatic heterocycles. The van der Waals surface area contributed by atoms with Gasteiger partial charge in [0.05, 0.1) is 12.1 Å². The van der Waals surface area contributed by atoms with Crippen LogP contribution in [0.3, 0.4) is 0 Å². The van der Waals surface area contributed by atoms with Crippen molar-refractivity contribution in [1.29, 1.82) is 0 Å². The second-order valence-electron chi connectivity index (χ2n) is 4.80. The molecule has 0 bridgehead atoms. The van der Waals surface area contributed by atoms with Crippen molar-refractivity contribution in [3.8, 4) is 0 Å². The average Bonchev–Trinajstić information content (AvgIpc) is 3.02. The molecule has 0 unspecified atom stereocenters. The summed E-state index contributed by atoms with van der Waals surface area (Å²) in [6.45, 7) is 0. The maximum atomic E-state index is 12.2. The lowest BCUT2D eigenvalue weighted by Gasteiger charge is -2.05. The van der Waals surface area contributed by atoms with E-state index < -0.39 is 0 Å². The Bertz CT molecular complexity index is 822. The van der Waals surface area contributed by atoms with Crippen LogP contribution in [-0.2, 0) is 11.2 Å². The molecule has 0 fully saturated rings. The Balaban J connectivity index is 1.58. The molecule has 2 N–H and O–H groups in total. The number of thiazole rings is 1. The summed E-state index contributed by atoms with van der Waals surface area (Å²) in [5, 5.41) is 8.42. The predicted molar refractivity (Wildman–Crippen MR) is 98.0 cm³/mol. The number of nitrogens with one attached hydrogen (secondary N) is 2. The zero-order chi connectivity index (χ0) is 16.8. The maximum Gasteiger partial charge on any atom is 0.230 e. The molecule has 24 heavy (non-hydrogen) atoms. The van der Waals surface area contributed by atoms with Crippen molar-refractivity contribution < 1.29 is 4.79 Å². The summed E-state index contributed by atoms with van der Waals surface area (Å²) >= 11 is 3.05. The lowest BCUT2D eigenvalue weighted by Crippen LogP contribution is -2.14. The van der Waals surface area contributed by atoms with E-state index in [0.717, 1.165) is 10.6 Å². The molecular weight excluding hydrogens is 342 g/mol. The van der Waals surface area contributed by atoms with E-state index in [-0.39, 0.29) is 12.3 Å². The Labute approximate surface area is 147 Å². The highest BCUT2D eigenvalue weighted by molar-refractivity contribution is 7.98. The maximum absolute atomic E-state index is 12.2. The minimum Gasteiger partial charge on any atom is -0.326 e. The van der Waals surface area contributed by atoms with Crippen molar-refractivity contribution in [1.82, 2.24) is 15.0 Å². The molecule has 122 valence electrons. The Morgan fingerprint density at radius 2 is 2.08 bits per heavy atom. The van der Waals surface area contributed by atoms with Gasteiger partial charge in [0.15, 0.2) is 5.13 Å². The third-order valence-corrected chi connectivity index (χ3v) is 4.56. The van der Waals surface area contributed by atoms with E-state index >= 15 is 0 Å². The second-order valence-corrected chi connectivity index (χ2v) is 6.54. The summed E-state index contributed by atoms with van der Waals surface area (Å²) in [5.74, 6) is 0.387. The number of hydrogen-bond acceptors (Lipinski definition) is 7. The molecule has 2 heterocycles. The number of thioether (sulfide) groups is 1. The average molecular weight is 357 g/mol. The van der Waals surface area contributed by atoms with Crippen LogP contribution in [0, 0.1) is 0 Å². The van der Waals surface area contributed by atoms with E-state index in [2.05, 4.69) is 25.6 Å². The fraction of sp³-hybridized carbons (Fsp3) is 0.125. The van der Waals surface area contributed by atoms with E-state index in [1.807, 2.05) is 35.9 Å². The molecule has 0 aliphatic rings. The van der Waals surface area contributed by atoms with Crippen LogP contribution in [0.5, 0.6) is 0 Å². The Morgan fingerprint density at radius 3 is 2.88 bits per heavy atom. The van der Waals surface area contributed by atoms with Gasteiger partial charge in [-0.05, 0) is 30.5 Å². The van der Waals surface area contributed by atoms with Gasteiger partial charge in [0.2, 0.25) is 11.9 Å². The highest BCUT2D eigenvalue weighted by Gasteiger charge is 2.09. The van der Waals surface area contributed by atoms with E-state index in [1.54, 1.807) is 30.2 Å². The normalized spacial score (nSPS) is 10.4. The molecule has 0 saturated heterocycles. The van der Waals surface area contributed by atoms with Gasteiger partial charge in [-0.1, -0.05) is 6.07 Å². The van der Waals surface area contributed by atoms with Crippen LogP contribution in [0.1, 0.15) is 5.69 Å². The van der Waals surface area contributed by atoms with Crippen LogP contribution in [0.15, 0.2) is 53.0 Å². The molecule has 1 amide bonds. The van der Waals surface area contributed by atoms with Gasteiger partial charge in [0.1, 0.15) is 0 Å². The fourth-order valence-electron chi connectivity index (χ4n) is 1.98. The topological polar surface area (TPSA) is 79.8 Å². The third kappa shape index (κ3) is 4.53. The molecule has 0 saturated carbocycles. The van der Waals surface area contributed by atoms with Gasteiger partial charge < -0.3 is 10.6 Å². The first-order valence-corrected chi connectivity index (χ1v) is 9.26. The van der Waals surface area contributed by atoms with Crippen LogP contribution in [0.2, 0.25) is 0 Å². The number of benzene rings is 1. The van der Waals surface area contributed by atoms with E-state index in [1.165, 1.54) is 11.3 Å². The molecule has 3 aromatic rings. The minimum atomic E-state index is -0.0962. The van der Waals surface area contributed by atoms with E-state index in [9.17, 15) is 4.79 Å². The quantitative estimate of drug-likeness (QED) is 0.657. The molecule has 6 nitrogen and oxygen atoms in total. The number of nitrogens with zero attached hydrogens (tertiary/aromatic N) is 3. The molecule has 3 rings (SSSR count). The van der Waals surface area contributed by atoms with Gasteiger partial charge in [0.25, 0.3) is 0 Å². The molecule has 0 spiro atoms. The Hall–Kier alpha value is -2.45. The first kappa shape index (κ1) is 16.4. The number of amides is 1. The van der Waals surface area contributed by atoms with Crippen molar-refractivity contribution >= 4 is 45.8 Å². The van der Waals surface area contributed by atoms with Gasteiger partial charge in [0, 0.05) is 28.4 Å². The molecule has 2 aromatic heterocycles. The molecule has 0 radical (unpaired) electrons. The van der Waals surface area contributed by atoms with Gasteiger partial charge in [-0.15, -0.1) is 23.1 Å². The lowest BCUT2D eigenvalue weighted by molar-refractivity contribution is -0.115. The minimum absolute atomic E-state index is 0.0962. The van der Waals surface area contributed by atoms with Crippen LogP contribution >= 0.6 is 23.1 Å². The van der Waals surface area contributed by atoms with Crippen LogP contribution in [-0.4, -0.2) is 27.1 Å². The monoisotopic (exact) mass is 357 g/mol. The zero-order valence-electron chi connectivity index (χ0n) is 12.9. The standard InChI is InChI=1S/C16H15N5OS2/c1-23-13-5-2-4-11(8-13)19-14(22)9-12-10-24-16(20-12)21-15-17-6-3-7-18-15/h2-8,10H,9H2,1H3,(H,19,22)(H,17,18,20,21). The lowest BCUT2D eigenvalue weighted by atomic mass is 10.3. The van der Waals surface area contributed by atoms with Crippen molar-refractivity contribution in [3.63, 3.8) is 0 Å².